The van der Waals surface area contributed by atoms with Crippen LogP contribution in [0.2, 0.25) is 0 Å². The number of carbonyl (C=O) groups excluding carboxylic acids is 2. The second kappa shape index (κ2) is 3.78. The molecule has 0 N–H and O–H groups in total. The van der Waals surface area contributed by atoms with E-state index in [9.17, 15) is 9.59 Å². The second-order valence-electron chi connectivity index (χ2n) is 4.61. The van der Waals surface area contributed by atoms with Crippen LogP contribution in [0.25, 0.3) is 0 Å². The topological polar surface area (TPSA) is 61.2 Å². The van der Waals surface area contributed by atoms with Crippen LogP contribution >= 0.6 is 0 Å². The van der Waals surface area contributed by atoms with Gasteiger partial charge in [-0.15, -0.1) is 0 Å². The summed E-state index contributed by atoms with van der Waals surface area (Å²) in [5, 5.41) is 4.07. The largest absolute Gasteiger partial charge is 0.496 e. The lowest BCUT2D eigenvalue weighted by Gasteiger charge is -2.17. The first-order valence-electron chi connectivity index (χ1n) is 5.84. The van der Waals surface area contributed by atoms with Crippen molar-refractivity contribution in [3.05, 3.63) is 46.3 Å². The predicted molar refractivity (Wildman–Crippen MR) is 67.8 cm³/mol. The molecule has 1 aliphatic carbocycles. The van der Waals surface area contributed by atoms with Crippen molar-refractivity contribution in [1.82, 2.24) is 9.78 Å². The molecule has 0 amide bonds. The maximum absolute atomic E-state index is 12.5. The molecule has 2 aromatic rings. The molecular formula is C14H12N2O3. The van der Waals surface area contributed by atoms with Crippen molar-refractivity contribution in [3.63, 3.8) is 0 Å². The highest BCUT2D eigenvalue weighted by Gasteiger charge is 2.35. The Labute approximate surface area is 109 Å². The molecule has 0 spiro atoms. The van der Waals surface area contributed by atoms with Crippen LogP contribution in [0.5, 0.6) is 5.75 Å². The quantitative estimate of drug-likeness (QED) is 0.662. The van der Waals surface area contributed by atoms with Gasteiger partial charge in [0.25, 0.3) is 0 Å². The Morgan fingerprint density at radius 1 is 1.16 bits per heavy atom. The van der Waals surface area contributed by atoms with Crippen molar-refractivity contribution in [2.75, 3.05) is 7.11 Å². The van der Waals surface area contributed by atoms with Crippen LogP contribution in [0.3, 0.4) is 0 Å². The van der Waals surface area contributed by atoms with Crippen LogP contribution in [0, 0.1) is 6.92 Å². The standard InChI is InChI=1S/C14H12N2O3/c1-7-4-8-11(10(5-7)19-3)13(17)9-6-16(2)15-12(9)14(8)18/h4-6H,1-3H3. The van der Waals surface area contributed by atoms with E-state index in [1.165, 1.54) is 11.8 Å². The third kappa shape index (κ3) is 1.51. The summed E-state index contributed by atoms with van der Waals surface area (Å²) in [4.78, 5) is 24.9. The smallest absolute Gasteiger partial charge is 0.214 e. The minimum Gasteiger partial charge on any atom is -0.496 e. The van der Waals surface area contributed by atoms with Gasteiger partial charge in [0, 0.05) is 18.8 Å². The molecule has 0 saturated heterocycles. The molecule has 0 unspecified atom stereocenters. The van der Waals surface area contributed by atoms with E-state index < -0.39 is 0 Å². The summed E-state index contributed by atoms with van der Waals surface area (Å²) in [6.07, 6.45) is 1.57. The first-order valence-corrected chi connectivity index (χ1v) is 5.84. The molecule has 1 aromatic carbocycles. The van der Waals surface area contributed by atoms with Crippen LogP contribution in [0.15, 0.2) is 18.3 Å². The monoisotopic (exact) mass is 256 g/mol. The molecule has 0 atom stereocenters. The first kappa shape index (κ1) is 11.6. The van der Waals surface area contributed by atoms with Crippen LogP contribution in [-0.4, -0.2) is 28.5 Å². The Kier molecular flexibility index (Phi) is 2.32. The van der Waals surface area contributed by atoms with Crippen molar-refractivity contribution in [2.45, 2.75) is 6.92 Å². The van der Waals surface area contributed by atoms with Crippen LogP contribution in [0.4, 0.5) is 0 Å². The number of aryl methyl sites for hydroxylation is 2. The highest BCUT2D eigenvalue weighted by Crippen LogP contribution is 2.33. The molecule has 5 nitrogen and oxygen atoms in total. The van der Waals surface area contributed by atoms with Crippen molar-refractivity contribution in [3.8, 4) is 5.75 Å². The van der Waals surface area contributed by atoms with Gasteiger partial charge in [-0.25, -0.2) is 0 Å². The third-order valence-corrected chi connectivity index (χ3v) is 3.23. The molecule has 1 aliphatic rings. The lowest BCUT2D eigenvalue weighted by Crippen LogP contribution is -2.21. The van der Waals surface area contributed by atoms with Gasteiger partial charge in [-0.3, -0.25) is 14.3 Å². The van der Waals surface area contributed by atoms with Gasteiger partial charge < -0.3 is 4.74 Å². The van der Waals surface area contributed by atoms with Gasteiger partial charge in [-0.1, -0.05) is 0 Å². The Morgan fingerprint density at radius 2 is 1.89 bits per heavy atom. The molecule has 19 heavy (non-hydrogen) atoms. The summed E-state index contributed by atoms with van der Waals surface area (Å²) in [6, 6.07) is 3.46. The molecule has 96 valence electrons. The number of methoxy groups -OCH3 is 1. The van der Waals surface area contributed by atoms with E-state index in [2.05, 4.69) is 5.10 Å². The normalized spacial score (nSPS) is 13.2. The third-order valence-electron chi connectivity index (χ3n) is 3.23. The van der Waals surface area contributed by atoms with E-state index in [4.69, 9.17) is 4.74 Å². The fraction of sp³-hybridized carbons (Fsp3) is 0.214. The number of fused-ring (bicyclic) bond motifs is 2. The van der Waals surface area contributed by atoms with Gasteiger partial charge in [0.1, 0.15) is 11.4 Å². The Bertz CT molecular complexity index is 729. The minimum absolute atomic E-state index is 0.213. The van der Waals surface area contributed by atoms with Crippen molar-refractivity contribution < 1.29 is 14.3 Å². The van der Waals surface area contributed by atoms with E-state index >= 15 is 0 Å². The zero-order chi connectivity index (χ0) is 13.7. The fourth-order valence-electron chi connectivity index (χ4n) is 2.41. The molecule has 0 saturated carbocycles. The molecule has 0 bridgehead atoms. The highest BCUT2D eigenvalue weighted by molar-refractivity contribution is 6.28. The van der Waals surface area contributed by atoms with E-state index in [0.717, 1.165) is 5.56 Å². The maximum Gasteiger partial charge on any atom is 0.214 e. The molecule has 5 heteroatoms. The van der Waals surface area contributed by atoms with Gasteiger partial charge in [0.05, 0.1) is 18.2 Å². The molecule has 1 aromatic heterocycles. The lowest BCUT2D eigenvalue weighted by atomic mass is 9.86. The van der Waals surface area contributed by atoms with Gasteiger partial charge in [0.2, 0.25) is 11.6 Å². The molecule has 1 heterocycles. The zero-order valence-electron chi connectivity index (χ0n) is 10.9. The molecule has 0 radical (unpaired) electrons. The van der Waals surface area contributed by atoms with Crippen molar-refractivity contribution in [1.29, 1.82) is 0 Å². The Balaban J connectivity index is 2.35. The number of rotatable bonds is 1. The molecule has 0 fully saturated rings. The number of nitrogens with zero attached hydrogens (tertiary/aromatic N) is 2. The average Bonchev–Trinajstić information content (AvgIpc) is 2.77. The van der Waals surface area contributed by atoms with E-state index in [1.807, 2.05) is 6.92 Å². The number of carbonyl (C=O) groups is 2. The van der Waals surface area contributed by atoms with Gasteiger partial charge in [-0.2, -0.15) is 5.10 Å². The number of hydrogen-bond acceptors (Lipinski definition) is 4. The van der Waals surface area contributed by atoms with Crippen molar-refractivity contribution >= 4 is 11.6 Å². The second-order valence-corrected chi connectivity index (χ2v) is 4.61. The van der Waals surface area contributed by atoms with Crippen LogP contribution in [0.1, 0.15) is 37.5 Å². The van der Waals surface area contributed by atoms with Gasteiger partial charge in [0.15, 0.2) is 0 Å². The first-order chi connectivity index (χ1) is 9.02. The van der Waals surface area contributed by atoms with Gasteiger partial charge in [-0.05, 0) is 24.6 Å². The summed E-state index contributed by atoms with van der Waals surface area (Å²) in [5.74, 6) is -0.00963. The highest BCUT2D eigenvalue weighted by atomic mass is 16.5. The predicted octanol–water partition coefficient (Wildman–Crippen LogP) is 1.51. The number of benzene rings is 1. The number of ketones is 2. The molecule has 3 rings (SSSR count). The van der Waals surface area contributed by atoms with E-state index in [1.54, 1.807) is 25.4 Å². The maximum atomic E-state index is 12.5. The van der Waals surface area contributed by atoms with Crippen LogP contribution in [-0.2, 0) is 7.05 Å². The van der Waals surface area contributed by atoms with Gasteiger partial charge >= 0.3 is 0 Å². The lowest BCUT2D eigenvalue weighted by molar-refractivity contribution is 0.0974. The summed E-state index contributed by atoms with van der Waals surface area (Å²) < 4.78 is 6.71. The van der Waals surface area contributed by atoms with E-state index in [0.29, 0.717) is 22.4 Å². The molecule has 0 aliphatic heterocycles. The Hall–Kier alpha value is -2.43. The van der Waals surface area contributed by atoms with Crippen LogP contribution < -0.4 is 4.74 Å². The summed E-state index contributed by atoms with van der Waals surface area (Å²) in [5.41, 5.74) is 2.12. The number of ether oxygens (including phenoxy) is 1. The number of hydrogen-bond donors (Lipinski definition) is 0. The minimum atomic E-state index is -0.229. The fourth-order valence-corrected chi connectivity index (χ4v) is 2.41. The van der Waals surface area contributed by atoms with E-state index in [-0.39, 0.29) is 17.3 Å². The average molecular weight is 256 g/mol. The number of aromatic nitrogens is 2. The summed E-state index contributed by atoms with van der Waals surface area (Å²) >= 11 is 0. The van der Waals surface area contributed by atoms with Crippen molar-refractivity contribution in [2.24, 2.45) is 7.05 Å². The zero-order valence-corrected chi connectivity index (χ0v) is 10.9. The molecular weight excluding hydrogens is 244 g/mol. The summed E-state index contributed by atoms with van der Waals surface area (Å²) in [6.45, 7) is 1.86. The Morgan fingerprint density at radius 3 is 2.58 bits per heavy atom. The SMILES string of the molecule is COc1cc(C)cc2c1C(=O)c1cn(C)nc1C2=O. The summed E-state index contributed by atoms with van der Waals surface area (Å²) in [7, 11) is 3.18.